The average molecular weight is 280 g/mol. The molecule has 0 bridgehead atoms. The van der Waals surface area contributed by atoms with Crippen LogP contribution in [0.2, 0.25) is 0 Å². The third-order valence-electron chi connectivity index (χ3n) is 3.22. The molecule has 1 aromatic rings. The van der Waals surface area contributed by atoms with Crippen LogP contribution in [0.1, 0.15) is 32.9 Å². The molecule has 6 heteroatoms. The lowest BCUT2D eigenvalue weighted by atomic mass is 10.2. The number of aromatic nitrogens is 2. The Morgan fingerprint density at radius 2 is 2.40 bits per heavy atom. The molecule has 0 saturated carbocycles. The Morgan fingerprint density at radius 3 is 3.05 bits per heavy atom. The lowest BCUT2D eigenvalue weighted by molar-refractivity contribution is 0.0291. The van der Waals surface area contributed by atoms with E-state index >= 15 is 0 Å². The van der Waals surface area contributed by atoms with Crippen LogP contribution in [0.3, 0.4) is 0 Å². The summed E-state index contributed by atoms with van der Waals surface area (Å²) in [6, 6.07) is 0.352. The van der Waals surface area contributed by atoms with Gasteiger partial charge in [0.15, 0.2) is 0 Å². The second kappa shape index (κ2) is 6.26. The summed E-state index contributed by atoms with van der Waals surface area (Å²) in [7, 11) is 0. The van der Waals surface area contributed by atoms with Crippen molar-refractivity contribution in [1.29, 1.82) is 0 Å². The molecule has 0 aliphatic carbocycles. The number of hydrogen-bond acceptors (Lipinski definition) is 4. The van der Waals surface area contributed by atoms with Crippen molar-refractivity contribution in [3.8, 4) is 0 Å². The van der Waals surface area contributed by atoms with Crippen LogP contribution in [0, 0.1) is 0 Å². The van der Waals surface area contributed by atoms with Crippen LogP contribution in [-0.2, 0) is 11.2 Å². The van der Waals surface area contributed by atoms with Crippen molar-refractivity contribution in [3.63, 3.8) is 0 Å². The normalized spacial score (nSPS) is 19.4. The van der Waals surface area contributed by atoms with E-state index in [1.54, 1.807) is 11.2 Å². The second-order valence-electron chi connectivity index (χ2n) is 6.19. The maximum absolute atomic E-state index is 11.9. The summed E-state index contributed by atoms with van der Waals surface area (Å²) >= 11 is 0. The predicted octanol–water partition coefficient (Wildman–Crippen LogP) is 1.55. The largest absolute Gasteiger partial charge is 0.444 e. The molecule has 1 fully saturated rings. The van der Waals surface area contributed by atoms with Gasteiger partial charge in [-0.1, -0.05) is 0 Å². The fourth-order valence-corrected chi connectivity index (χ4v) is 2.25. The van der Waals surface area contributed by atoms with Crippen molar-refractivity contribution < 1.29 is 9.53 Å². The van der Waals surface area contributed by atoms with Crippen molar-refractivity contribution in [2.45, 2.75) is 45.3 Å². The van der Waals surface area contributed by atoms with Crippen LogP contribution in [0.15, 0.2) is 12.5 Å². The lowest BCUT2D eigenvalue weighted by Crippen LogP contribution is -2.38. The van der Waals surface area contributed by atoms with E-state index in [9.17, 15) is 4.79 Å². The van der Waals surface area contributed by atoms with E-state index in [1.165, 1.54) is 0 Å². The maximum atomic E-state index is 11.9. The molecule has 1 atom stereocenters. The Hall–Kier alpha value is -1.56. The van der Waals surface area contributed by atoms with Crippen LogP contribution in [0.5, 0.6) is 0 Å². The van der Waals surface area contributed by atoms with Crippen LogP contribution in [-0.4, -0.2) is 52.2 Å². The number of nitrogens with one attached hydrogen (secondary N) is 2. The molecule has 112 valence electrons. The van der Waals surface area contributed by atoms with Gasteiger partial charge in [0, 0.05) is 44.0 Å². The van der Waals surface area contributed by atoms with Gasteiger partial charge < -0.3 is 19.9 Å². The third-order valence-corrected chi connectivity index (χ3v) is 3.22. The van der Waals surface area contributed by atoms with E-state index in [0.717, 1.165) is 38.2 Å². The van der Waals surface area contributed by atoms with Gasteiger partial charge in [0.05, 0.1) is 6.33 Å². The van der Waals surface area contributed by atoms with E-state index in [0.29, 0.717) is 6.04 Å². The summed E-state index contributed by atoms with van der Waals surface area (Å²) < 4.78 is 5.38. The minimum absolute atomic E-state index is 0.213. The molecule has 20 heavy (non-hydrogen) atoms. The summed E-state index contributed by atoms with van der Waals surface area (Å²) in [6.45, 7) is 8.03. The van der Waals surface area contributed by atoms with Gasteiger partial charge in [0.2, 0.25) is 0 Å². The van der Waals surface area contributed by atoms with Crippen LogP contribution < -0.4 is 5.32 Å². The highest BCUT2D eigenvalue weighted by Gasteiger charge is 2.29. The Morgan fingerprint density at radius 1 is 1.60 bits per heavy atom. The molecule has 2 rings (SSSR count). The quantitative estimate of drug-likeness (QED) is 0.878. The smallest absolute Gasteiger partial charge is 0.410 e. The van der Waals surface area contributed by atoms with Gasteiger partial charge in [-0.2, -0.15) is 0 Å². The zero-order chi connectivity index (χ0) is 14.6. The van der Waals surface area contributed by atoms with Gasteiger partial charge in [0.25, 0.3) is 0 Å². The van der Waals surface area contributed by atoms with Crippen LogP contribution in [0.25, 0.3) is 0 Å². The number of imidazole rings is 1. The zero-order valence-corrected chi connectivity index (χ0v) is 12.5. The molecule has 2 N–H and O–H groups in total. The molecule has 1 unspecified atom stereocenters. The Bertz CT molecular complexity index is 425. The highest BCUT2D eigenvalue weighted by atomic mass is 16.6. The minimum Gasteiger partial charge on any atom is -0.444 e. The van der Waals surface area contributed by atoms with Crippen molar-refractivity contribution in [2.75, 3.05) is 19.6 Å². The SMILES string of the molecule is CC(C)(C)OC(=O)N1CCC(NCCc2cnc[nH]2)C1. The van der Waals surface area contributed by atoms with Gasteiger partial charge in [-0.05, 0) is 27.2 Å². The molecule has 0 aromatic carbocycles. The highest BCUT2D eigenvalue weighted by molar-refractivity contribution is 5.68. The topological polar surface area (TPSA) is 70.2 Å². The Kier molecular flexibility index (Phi) is 4.65. The van der Waals surface area contributed by atoms with Crippen molar-refractivity contribution in [2.24, 2.45) is 0 Å². The Balaban J connectivity index is 1.68. The molecular formula is C14H24N4O2. The van der Waals surface area contributed by atoms with Crippen LogP contribution in [0.4, 0.5) is 4.79 Å². The highest BCUT2D eigenvalue weighted by Crippen LogP contribution is 2.15. The number of hydrogen-bond donors (Lipinski definition) is 2. The number of carbonyl (C=O) groups excluding carboxylic acids is 1. The Labute approximate surface area is 119 Å². The van der Waals surface area contributed by atoms with Crippen molar-refractivity contribution in [3.05, 3.63) is 18.2 Å². The first-order valence-electron chi connectivity index (χ1n) is 7.12. The number of aromatic amines is 1. The number of nitrogens with zero attached hydrogens (tertiary/aromatic N) is 2. The molecule has 6 nitrogen and oxygen atoms in total. The van der Waals surface area contributed by atoms with Gasteiger partial charge >= 0.3 is 6.09 Å². The number of carbonyl (C=O) groups is 1. The van der Waals surface area contributed by atoms with Crippen molar-refractivity contribution in [1.82, 2.24) is 20.2 Å². The minimum atomic E-state index is -0.427. The fraction of sp³-hybridized carbons (Fsp3) is 0.714. The van der Waals surface area contributed by atoms with Gasteiger partial charge in [-0.3, -0.25) is 0 Å². The summed E-state index contributed by atoms with van der Waals surface area (Å²) in [5, 5.41) is 3.47. The van der Waals surface area contributed by atoms with E-state index in [1.807, 2.05) is 27.0 Å². The summed E-state index contributed by atoms with van der Waals surface area (Å²) in [4.78, 5) is 20.8. The lowest BCUT2D eigenvalue weighted by Gasteiger charge is -2.24. The molecule has 1 aliphatic rings. The van der Waals surface area contributed by atoms with E-state index in [2.05, 4.69) is 15.3 Å². The summed E-state index contributed by atoms with van der Waals surface area (Å²) in [5.74, 6) is 0. The maximum Gasteiger partial charge on any atom is 0.410 e. The van der Waals surface area contributed by atoms with Crippen molar-refractivity contribution >= 4 is 6.09 Å². The monoisotopic (exact) mass is 280 g/mol. The standard InChI is InChI=1S/C14H24N4O2/c1-14(2,3)20-13(19)18-7-5-12(9-18)16-6-4-11-8-15-10-17-11/h8,10,12,16H,4-7,9H2,1-3H3,(H,15,17). The van der Waals surface area contributed by atoms with Gasteiger partial charge in [-0.25, -0.2) is 9.78 Å². The summed E-state index contributed by atoms with van der Waals surface area (Å²) in [5.41, 5.74) is 0.697. The number of H-pyrrole nitrogens is 1. The van der Waals surface area contributed by atoms with Gasteiger partial charge in [-0.15, -0.1) is 0 Å². The first-order chi connectivity index (χ1) is 9.44. The number of amides is 1. The van der Waals surface area contributed by atoms with E-state index < -0.39 is 5.60 Å². The average Bonchev–Trinajstić information content (AvgIpc) is 2.97. The molecule has 0 spiro atoms. The molecular weight excluding hydrogens is 256 g/mol. The van der Waals surface area contributed by atoms with E-state index in [4.69, 9.17) is 4.74 Å². The predicted molar refractivity (Wildman–Crippen MR) is 76.5 cm³/mol. The zero-order valence-electron chi connectivity index (χ0n) is 12.5. The first-order valence-corrected chi connectivity index (χ1v) is 7.12. The second-order valence-corrected chi connectivity index (χ2v) is 6.19. The number of ether oxygens (including phenoxy) is 1. The van der Waals surface area contributed by atoms with Crippen LogP contribution >= 0.6 is 0 Å². The fourth-order valence-electron chi connectivity index (χ4n) is 2.25. The number of rotatable bonds is 4. The first kappa shape index (κ1) is 14.8. The molecule has 1 saturated heterocycles. The molecule has 2 heterocycles. The molecule has 1 amide bonds. The van der Waals surface area contributed by atoms with Gasteiger partial charge in [0.1, 0.15) is 5.60 Å². The molecule has 0 radical (unpaired) electrons. The molecule has 1 aliphatic heterocycles. The van der Waals surface area contributed by atoms with E-state index in [-0.39, 0.29) is 6.09 Å². The summed E-state index contributed by atoms with van der Waals surface area (Å²) in [6.07, 6.45) is 5.21. The molecule has 1 aromatic heterocycles. The number of likely N-dealkylation sites (tertiary alicyclic amines) is 1. The third kappa shape index (κ3) is 4.52.